The zero-order valence-corrected chi connectivity index (χ0v) is 40.0. The molecule has 0 saturated carbocycles. The highest BCUT2D eigenvalue weighted by atomic mass is 16.5. The van der Waals surface area contributed by atoms with Crippen molar-refractivity contribution >= 4 is 41.4 Å². The van der Waals surface area contributed by atoms with Crippen molar-refractivity contribution in [1.29, 1.82) is 0 Å². The molecule has 0 radical (unpaired) electrons. The molecule has 0 unspecified atom stereocenters. The number of carbonyl (C=O) groups is 7. The summed E-state index contributed by atoms with van der Waals surface area (Å²) in [6.07, 6.45) is 22.0. The zero-order valence-electron chi connectivity index (χ0n) is 40.0. The number of unbranched alkanes of at least 4 members (excludes halogenated alkanes) is 16. The normalized spacial score (nSPS) is 12.0. The number of ketones is 1. The largest absolute Gasteiger partial charge is 0.481 e. The van der Waals surface area contributed by atoms with E-state index < -0.39 is 18.0 Å². The molecule has 2 atom stereocenters. The van der Waals surface area contributed by atoms with E-state index in [0.29, 0.717) is 85.0 Å². The fourth-order valence-electron chi connectivity index (χ4n) is 6.86. The number of rotatable bonds is 49. The van der Waals surface area contributed by atoms with Crippen LogP contribution in [0.15, 0.2) is 0 Å². The molecule has 7 N–H and O–H groups in total. The van der Waals surface area contributed by atoms with Crippen molar-refractivity contribution in [3.8, 4) is 0 Å². The van der Waals surface area contributed by atoms with Gasteiger partial charge in [-0.25, -0.2) is 4.79 Å². The smallest absolute Gasteiger partial charge is 0.326 e. The van der Waals surface area contributed by atoms with Crippen LogP contribution in [0.25, 0.3) is 0 Å². The molecule has 0 bridgehead atoms. The van der Waals surface area contributed by atoms with E-state index in [1.54, 1.807) is 14.0 Å². The van der Waals surface area contributed by atoms with E-state index in [9.17, 15) is 38.7 Å². The number of nitrogens with one attached hydrogen (secondary N) is 5. The molecule has 0 heterocycles. The van der Waals surface area contributed by atoms with Gasteiger partial charge in [-0.3, -0.25) is 28.8 Å². The molecule has 18 nitrogen and oxygen atoms in total. The van der Waals surface area contributed by atoms with E-state index in [2.05, 4.69) is 26.6 Å². The first-order chi connectivity index (χ1) is 31.5. The molecule has 0 aliphatic heterocycles. The number of carbonyl (C=O) groups excluding carboxylic acids is 5. The SMILES string of the molecule is CN[C@@H](CCCCNC(=O)COCC(=O)NCCCOCCOCCOCCCNC(=O)CC[C@H](NC(=O)CCCCCCCCCCCCCCCCCCC(=O)O)C(=O)O)C(C)=O. The second-order valence-corrected chi connectivity index (χ2v) is 16.6. The van der Waals surface area contributed by atoms with Crippen molar-refractivity contribution in [1.82, 2.24) is 26.6 Å². The van der Waals surface area contributed by atoms with Crippen LogP contribution >= 0.6 is 0 Å². The Morgan fingerprint density at radius 3 is 1.26 bits per heavy atom. The third-order valence-electron chi connectivity index (χ3n) is 10.7. The summed E-state index contributed by atoms with van der Waals surface area (Å²) in [4.78, 5) is 82.0. The highest BCUT2D eigenvalue weighted by molar-refractivity contribution is 5.84. The van der Waals surface area contributed by atoms with Crippen LogP contribution in [0.2, 0.25) is 0 Å². The van der Waals surface area contributed by atoms with Gasteiger partial charge in [0.15, 0.2) is 0 Å². The molecule has 0 spiro atoms. The molecule has 0 aliphatic rings. The number of aliphatic carboxylic acids is 2. The number of hydrogen-bond donors (Lipinski definition) is 7. The summed E-state index contributed by atoms with van der Waals surface area (Å²) in [5.74, 6) is -2.97. The number of likely N-dealkylation sites (N-methyl/N-ethyl adjacent to an activating group) is 1. The maximum absolute atomic E-state index is 12.4. The topological polar surface area (TPSA) is 257 Å². The monoisotopic (exact) mass is 930 g/mol. The highest BCUT2D eigenvalue weighted by Gasteiger charge is 2.21. The van der Waals surface area contributed by atoms with Crippen molar-refractivity contribution < 1.29 is 62.7 Å². The van der Waals surface area contributed by atoms with Crippen molar-refractivity contribution in [3.63, 3.8) is 0 Å². The van der Waals surface area contributed by atoms with E-state index >= 15 is 0 Å². The van der Waals surface area contributed by atoms with E-state index in [4.69, 9.17) is 24.1 Å². The van der Waals surface area contributed by atoms with Crippen LogP contribution in [0.3, 0.4) is 0 Å². The Morgan fingerprint density at radius 1 is 0.415 bits per heavy atom. The standard InChI is InChI=1S/C47H87N5O13/c1-39(53)40(48-2)23-19-20-28-50-44(56)37-65-38-45(57)51-30-22-32-63-34-36-64-35-33-62-31-21-29-49-42(54)27-26-41(47(60)61)52-43(55)24-17-15-13-11-9-7-5-3-4-6-8-10-12-14-16-18-25-46(58)59/h40-41,48H,3-38H2,1-2H3,(H,49,54)(H,50,56)(H,51,57)(H,52,55)(H,58,59)(H,60,61)/t40-,41-/m0/s1. The average Bonchev–Trinajstić information content (AvgIpc) is 3.26. The summed E-state index contributed by atoms with van der Waals surface area (Å²) >= 11 is 0. The van der Waals surface area contributed by atoms with Crippen molar-refractivity contribution in [2.75, 3.05) is 79.5 Å². The van der Waals surface area contributed by atoms with Crippen LogP contribution in [-0.4, -0.2) is 143 Å². The summed E-state index contributed by atoms with van der Waals surface area (Å²) in [6.45, 7) is 4.80. The maximum atomic E-state index is 12.4. The van der Waals surface area contributed by atoms with Crippen LogP contribution in [0, 0.1) is 0 Å². The van der Waals surface area contributed by atoms with E-state index in [0.717, 1.165) is 51.4 Å². The van der Waals surface area contributed by atoms with Gasteiger partial charge in [0.25, 0.3) is 0 Å². The summed E-state index contributed by atoms with van der Waals surface area (Å²) < 4.78 is 21.7. The Hall–Kier alpha value is -3.71. The first kappa shape index (κ1) is 61.3. The van der Waals surface area contributed by atoms with Gasteiger partial charge in [-0.2, -0.15) is 0 Å². The summed E-state index contributed by atoms with van der Waals surface area (Å²) in [7, 11) is 1.75. The molecular weight excluding hydrogens is 843 g/mol. The van der Waals surface area contributed by atoms with E-state index in [1.165, 1.54) is 57.8 Å². The van der Waals surface area contributed by atoms with Crippen molar-refractivity contribution in [3.05, 3.63) is 0 Å². The maximum Gasteiger partial charge on any atom is 0.326 e. The fraction of sp³-hybridized carbons (Fsp3) is 0.851. The predicted molar refractivity (Wildman–Crippen MR) is 248 cm³/mol. The number of Topliss-reactive ketones (excluding diaryl/α,β-unsaturated/α-hetero) is 1. The molecule has 0 rings (SSSR count). The van der Waals surface area contributed by atoms with Gasteiger partial charge < -0.3 is 55.7 Å². The molecule has 65 heavy (non-hydrogen) atoms. The fourth-order valence-corrected chi connectivity index (χ4v) is 6.86. The second-order valence-electron chi connectivity index (χ2n) is 16.6. The van der Waals surface area contributed by atoms with Gasteiger partial charge in [-0.05, 0) is 65.3 Å². The Balaban J connectivity index is 3.60. The van der Waals surface area contributed by atoms with Gasteiger partial charge in [0.05, 0.1) is 32.5 Å². The number of ether oxygens (including phenoxy) is 4. The molecule has 4 amide bonds. The zero-order chi connectivity index (χ0) is 48.0. The number of amides is 4. The van der Waals surface area contributed by atoms with Gasteiger partial charge in [0.1, 0.15) is 25.0 Å². The third kappa shape index (κ3) is 43.9. The van der Waals surface area contributed by atoms with Gasteiger partial charge in [-0.15, -0.1) is 0 Å². The minimum atomic E-state index is -1.16. The molecule has 0 aromatic carbocycles. The Labute approximate surface area is 388 Å². The second kappa shape index (κ2) is 45.4. The molecule has 0 aromatic rings. The lowest BCUT2D eigenvalue weighted by Gasteiger charge is -2.14. The Kier molecular flexibility index (Phi) is 42.9. The van der Waals surface area contributed by atoms with Crippen molar-refractivity contribution in [2.45, 2.75) is 180 Å². The molecule has 0 aromatic heterocycles. The summed E-state index contributed by atoms with van der Waals surface area (Å²) in [5.41, 5.74) is 0. The lowest BCUT2D eigenvalue weighted by Crippen LogP contribution is -2.41. The lowest BCUT2D eigenvalue weighted by atomic mass is 10.0. The van der Waals surface area contributed by atoms with Gasteiger partial charge in [0.2, 0.25) is 23.6 Å². The predicted octanol–water partition coefficient (Wildman–Crippen LogP) is 4.98. The van der Waals surface area contributed by atoms with Gasteiger partial charge in [-0.1, -0.05) is 89.9 Å². The number of hydrogen-bond acceptors (Lipinski definition) is 12. The average molecular weight is 930 g/mol. The van der Waals surface area contributed by atoms with Crippen LogP contribution in [0.5, 0.6) is 0 Å². The lowest BCUT2D eigenvalue weighted by molar-refractivity contribution is -0.142. The Morgan fingerprint density at radius 2 is 0.831 bits per heavy atom. The van der Waals surface area contributed by atoms with Gasteiger partial charge in [0, 0.05) is 52.1 Å². The minimum absolute atomic E-state index is 0.0119. The van der Waals surface area contributed by atoms with Crippen LogP contribution in [0.4, 0.5) is 0 Å². The number of carboxylic acid groups (broad SMARTS) is 2. The van der Waals surface area contributed by atoms with Crippen LogP contribution in [0.1, 0.15) is 167 Å². The minimum Gasteiger partial charge on any atom is -0.481 e. The molecule has 18 heteroatoms. The summed E-state index contributed by atoms with van der Waals surface area (Å²) in [6, 6.07) is -1.27. The quantitative estimate of drug-likeness (QED) is 0.0397. The van der Waals surface area contributed by atoms with Crippen LogP contribution < -0.4 is 26.6 Å². The van der Waals surface area contributed by atoms with Gasteiger partial charge >= 0.3 is 11.9 Å². The molecule has 0 fully saturated rings. The molecule has 0 saturated heterocycles. The molecule has 0 aliphatic carbocycles. The molecule has 378 valence electrons. The molecular formula is C47H87N5O13. The Bertz CT molecular complexity index is 1260. The third-order valence-corrected chi connectivity index (χ3v) is 10.7. The van der Waals surface area contributed by atoms with E-state index in [-0.39, 0.29) is 74.4 Å². The van der Waals surface area contributed by atoms with Crippen molar-refractivity contribution in [2.24, 2.45) is 0 Å². The first-order valence-electron chi connectivity index (χ1n) is 24.5. The summed E-state index contributed by atoms with van der Waals surface area (Å²) in [5, 5.41) is 31.9. The number of carboxylic acids is 2. The highest BCUT2D eigenvalue weighted by Crippen LogP contribution is 2.14. The first-order valence-corrected chi connectivity index (χ1v) is 24.5. The van der Waals surface area contributed by atoms with Crippen LogP contribution in [-0.2, 0) is 52.5 Å². The van der Waals surface area contributed by atoms with E-state index in [1.807, 2.05) is 0 Å².